The number of benzene rings is 1. The smallest absolute Gasteiger partial charge is 0.338 e. The second-order valence-corrected chi connectivity index (χ2v) is 28.3. The number of carbonyl (C=O) groups excluding carboxylic acids is 3. The molecule has 1 N–H and O–H groups in total. The SMILES string of the molecule is CC(C)SCCOC(=O)CCNC(=O)[C@]12CCC[C@@H]1[C@H]1CC[C@@H]3[C@@]4(C)CC=C(c5ccc(C(=O)OCC[Si](C)(C)C)cc5)C(C)(C)[C@@H]4CC[C@@]3(C)[C@]1(C)CC2. The van der Waals surface area contributed by atoms with Gasteiger partial charge in [0.25, 0.3) is 0 Å². The third-order valence-corrected chi connectivity index (χ3v) is 19.1. The average Bonchev–Trinajstić information content (AvgIpc) is 3.55. The van der Waals surface area contributed by atoms with Crippen LogP contribution >= 0.6 is 11.8 Å². The summed E-state index contributed by atoms with van der Waals surface area (Å²) in [7, 11) is -1.26. The molecule has 4 saturated carbocycles. The Hall–Kier alpha value is -2.06. The van der Waals surface area contributed by atoms with Crippen molar-refractivity contribution < 1.29 is 23.9 Å². The first-order valence-electron chi connectivity index (χ1n) is 21.8. The number of allylic oxidation sites excluding steroid dienone is 2. The van der Waals surface area contributed by atoms with E-state index in [2.05, 4.69) is 91.6 Å². The number of carbonyl (C=O) groups is 3. The number of rotatable bonds is 13. The minimum Gasteiger partial charge on any atom is -0.465 e. The lowest BCUT2D eigenvalue weighted by molar-refractivity contribution is -0.222. The zero-order chi connectivity index (χ0) is 40.0. The van der Waals surface area contributed by atoms with E-state index in [4.69, 9.17) is 9.47 Å². The fraction of sp³-hybridized carbons (Fsp3) is 0.766. The molecule has 0 spiro atoms. The third kappa shape index (κ3) is 7.91. The lowest BCUT2D eigenvalue weighted by atomic mass is 9.32. The number of thioether (sulfide) groups is 1. The van der Waals surface area contributed by atoms with E-state index in [0.717, 1.165) is 50.3 Å². The topological polar surface area (TPSA) is 81.7 Å². The van der Waals surface area contributed by atoms with Gasteiger partial charge >= 0.3 is 11.9 Å². The van der Waals surface area contributed by atoms with Gasteiger partial charge in [-0.3, -0.25) is 9.59 Å². The maximum Gasteiger partial charge on any atom is 0.338 e. The van der Waals surface area contributed by atoms with Crippen molar-refractivity contribution >= 4 is 43.3 Å². The predicted molar refractivity (Wildman–Crippen MR) is 230 cm³/mol. The van der Waals surface area contributed by atoms with E-state index >= 15 is 0 Å². The lowest BCUT2D eigenvalue weighted by Gasteiger charge is -2.72. The van der Waals surface area contributed by atoms with Crippen molar-refractivity contribution in [3.05, 3.63) is 41.5 Å². The minimum absolute atomic E-state index is 0.0101. The molecule has 1 aromatic carbocycles. The van der Waals surface area contributed by atoms with Gasteiger partial charge in [0.05, 0.1) is 24.0 Å². The molecular formula is C47H73NO5SSi. The zero-order valence-corrected chi connectivity index (χ0v) is 37.9. The van der Waals surface area contributed by atoms with Gasteiger partial charge in [-0.25, -0.2) is 4.79 Å². The first-order chi connectivity index (χ1) is 25.8. The molecule has 1 aromatic rings. The van der Waals surface area contributed by atoms with Gasteiger partial charge in [-0.1, -0.05) is 92.7 Å². The van der Waals surface area contributed by atoms with E-state index in [9.17, 15) is 14.4 Å². The molecule has 6 nitrogen and oxygen atoms in total. The highest BCUT2D eigenvalue weighted by atomic mass is 32.2. The van der Waals surface area contributed by atoms with Crippen LogP contribution in [-0.4, -0.2) is 56.7 Å². The standard InChI is InChI=1S/C47H73NO5SSi/c1-32(2)54-30-28-52-40(49)21-27-48-42(51)47-22-11-12-37(47)36-17-18-39-44(5)23-19-35(33-13-15-34(16-14-33)41(50)53-29-31-55(8,9)10)43(3,4)38(44)20-24-46(39,7)45(36,6)25-26-47/h13-16,19,32,36-39H,11-12,17-18,20-31H2,1-10H3,(H,48,51)/t36-,37-,38+,39-,44+,45-,46-,47+/m1/s1. The molecule has 8 atom stereocenters. The molecule has 8 heteroatoms. The van der Waals surface area contributed by atoms with Crippen molar-refractivity contribution in [2.75, 3.05) is 25.5 Å². The van der Waals surface area contributed by atoms with Crippen LogP contribution in [0, 0.1) is 50.7 Å². The van der Waals surface area contributed by atoms with E-state index in [-0.39, 0.29) is 51.3 Å². The largest absolute Gasteiger partial charge is 0.465 e. The van der Waals surface area contributed by atoms with Crippen LogP contribution < -0.4 is 5.32 Å². The van der Waals surface area contributed by atoms with Crippen LogP contribution in [0.3, 0.4) is 0 Å². The summed E-state index contributed by atoms with van der Waals surface area (Å²) in [4.78, 5) is 39.4. The number of hydrogen-bond donors (Lipinski definition) is 1. The summed E-state index contributed by atoms with van der Waals surface area (Å²) in [5.41, 5.74) is 3.65. The fourth-order valence-electron chi connectivity index (χ4n) is 13.3. The Morgan fingerprint density at radius 1 is 0.836 bits per heavy atom. The van der Waals surface area contributed by atoms with Crippen LogP contribution in [0.15, 0.2) is 30.3 Å². The fourth-order valence-corrected chi connectivity index (χ4v) is 14.7. The molecule has 5 aliphatic rings. The maximum atomic E-state index is 14.1. The number of hydrogen-bond acceptors (Lipinski definition) is 6. The summed E-state index contributed by atoms with van der Waals surface area (Å²) in [6.45, 7) is 25.4. The second-order valence-electron chi connectivity index (χ2n) is 21.0. The number of amides is 1. The van der Waals surface area contributed by atoms with Gasteiger partial charge in [-0.15, -0.1) is 0 Å². The Balaban J connectivity index is 1.13. The molecule has 6 rings (SSSR count). The minimum atomic E-state index is -1.26. The molecule has 5 aliphatic carbocycles. The highest BCUT2D eigenvalue weighted by molar-refractivity contribution is 7.99. The van der Waals surface area contributed by atoms with Gasteiger partial charge in [0, 0.05) is 20.4 Å². The quantitative estimate of drug-likeness (QED) is 0.122. The van der Waals surface area contributed by atoms with Gasteiger partial charge in [0.15, 0.2) is 0 Å². The summed E-state index contributed by atoms with van der Waals surface area (Å²) >= 11 is 1.79. The van der Waals surface area contributed by atoms with Crippen LogP contribution in [-0.2, 0) is 19.1 Å². The number of fused-ring (bicyclic) bond motifs is 7. The van der Waals surface area contributed by atoms with E-state index < -0.39 is 8.07 Å². The molecule has 0 heterocycles. The lowest BCUT2D eigenvalue weighted by Crippen LogP contribution is -2.65. The normalized spacial score (nSPS) is 35.1. The van der Waals surface area contributed by atoms with Crippen LogP contribution in [0.25, 0.3) is 5.57 Å². The van der Waals surface area contributed by atoms with Crippen molar-refractivity contribution in [2.24, 2.45) is 50.7 Å². The van der Waals surface area contributed by atoms with Gasteiger partial charge in [0.2, 0.25) is 5.91 Å². The van der Waals surface area contributed by atoms with Crippen molar-refractivity contribution in [3.63, 3.8) is 0 Å². The molecule has 55 heavy (non-hydrogen) atoms. The van der Waals surface area contributed by atoms with Crippen molar-refractivity contribution in [1.29, 1.82) is 0 Å². The molecule has 4 fully saturated rings. The number of esters is 2. The molecule has 0 aliphatic heterocycles. The van der Waals surface area contributed by atoms with Gasteiger partial charge in [0.1, 0.15) is 6.61 Å². The zero-order valence-electron chi connectivity index (χ0n) is 36.0. The Labute approximate surface area is 338 Å². The Morgan fingerprint density at radius 2 is 1.56 bits per heavy atom. The summed E-state index contributed by atoms with van der Waals surface area (Å²) < 4.78 is 11.1. The number of nitrogens with one attached hydrogen (secondary N) is 1. The molecule has 1 amide bonds. The molecule has 0 saturated heterocycles. The van der Waals surface area contributed by atoms with Gasteiger partial charge in [-0.2, -0.15) is 11.8 Å². The van der Waals surface area contributed by atoms with Crippen molar-refractivity contribution in [3.8, 4) is 0 Å². The first kappa shape index (κ1) is 42.5. The Morgan fingerprint density at radius 3 is 2.25 bits per heavy atom. The summed E-state index contributed by atoms with van der Waals surface area (Å²) in [5.74, 6) is 2.77. The van der Waals surface area contributed by atoms with E-state index in [1.807, 2.05) is 12.1 Å². The summed E-state index contributed by atoms with van der Waals surface area (Å²) in [5, 5.41) is 3.77. The highest BCUT2D eigenvalue weighted by Gasteiger charge is 2.70. The molecule has 306 valence electrons. The number of ether oxygens (including phenoxy) is 2. The molecule has 0 aromatic heterocycles. The van der Waals surface area contributed by atoms with Crippen LogP contribution in [0.1, 0.15) is 135 Å². The third-order valence-electron chi connectivity index (χ3n) is 16.3. The summed E-state index contributed by atoms with van der Waals surface area (Å²) in [6, 6.07) is 9.21. The predicted octanol–water partition coefficient (Wildman–Crippen LogP) is 11.2. The van der Waals surface area contributed by atoms with Gasteiger partial charge < -0.3 is 14.8 Å². The van der Waals surface area contributed by atoms with E-state index in [1.165, 1.54) is 36.8 Å². The molecule has 0 unspecified atom stereocenters. The Bertz CT molecular complexity index is 1620. The van der Waals surface area contributed by atoms with Gasteiger partial charge in [-0.05, 0) is 138 Å². The average molecular weight is 792 g/mol. The van der Waals surface area contributed by atoms with Crippen molar-refractivity contribution in [2.45, 2.75) is 150 Å². The summed E-state index contributed by atoms with van der Waals surface area (Å²) in [6.07, 6.45) is 14.2. The van der Waals surface area contributed by atoms with Crippen LogP contribution in [0.5, 0.6) is 0 Å². The molecule has 0 bridgehead atoms. The van der Waals surface area contributed by atoms with Crippen LogP contribution in [0.2, 0.25) is 25.7 Å². The van der Waals surface area contributed by atoms with Crippen LogP contribution in [0.4, 0.5) is 0 Å². The van der Waals surface area contributed by atoms with Crippen molar-refractivity contribution in [1.82, 2.24) is 5.32 Å². The molecule has 0 radical (unpaired) electrons. The molecular weight excluding hydrogens is 719 g/mol. The second kappa shape index (κ2) is 15.9. The Kier molecular flexibility index (Phi) is 12.3. The van der Waals surface area contributed by atoms with E-state index in [1.54, 1.807) is 11.8 Å². The highest BCUT2D eigenvalue weighted by Crippen LogP contribution is 2.77. The monoisotopic (exact) mass is 791 g/mol. The first-order valence-corrected chi connectivity index (χ1v) is 26.6. The maximum absolute atomic E-state index is 14.1. The van der Waals surface area contributed by atoms with E-state index in [0.29, 0.717) is 54.2 Å².